The van der Waals surface area contributed by atoms with Gasteiger partial charge in [-0.2, -0.15) is 5.10 Å². The van der Waals surface area contributed by atoms with E-state index < -0.39 is 12.7 Å². The number of nitrogens with zero attached hydrogens (tertiary/aromatic N) is 2. The highest BCUT2D eigenvalue weighted by Crippen LogP contribution is 2.37. The largest absolute Gasteiger partial charge is 0.498 e. The molecule has 0 bridgehead atoms. The normalized spacial score (nSPS) is 27.1. The van der Waals surface area contributed by atoms with Crippen LogP contribution in [0.5, 0.6) is 0 Å². The lowest BCUT2D eigenvalue weighted by atomic mass is 9.81. The Balaban J connectivity index is 1.52. The fraction of sp³-hybridized carbons (Fsp3) is 0.778. The summed E-state index contributed by atoms with van der Waals surface area (Å²) < 4.78 is 19.4. The second-order valence-corrected chi connectivity index (χ2v) is 9.31. The number of amides is 1. The van der Waals surface area contributed by atoms with Gasteiger partial charge in [0.2, 0.25) is 0 Å². The molecular formula is C18H30BN3O4. The minimum absolute atomic E-state index is 0.124. The van der Waals surface area contributed by atoms with E-state index in [2.05, 4.69) is 10.4 Å². The molecule has 1 N–H and O–H groups in total. The van der Waals surface area contributed by atoms with E-state index in [-0.39, 0.29) is 29.4 Å². The topological polar surface area (TPSA) is 74.6 Å². The first-order valence-corrected chi connectivity index (χ1v) is 9.25. The highest BCUT2D eigenvalue weighted by Gasteiger charge is 2.52. The van der Waals surface area contributed by atoms with Crippen molar-refractivity contribution >= 4 is 18.7 Å². The molecule has 1 aromatic rings. The summed E-state index contributed by atoms with van der Waals surface area (Å²) in [5, 5.41) is 7.37. The molecule has 2 fully saturated rings. The first-order valence-electron chi connectivity index (χ1n) is 9.25. The third-order valence-corrected chi connectivity index (χ3v) is 5.36. The fourth-order valence-electron chi connectivity index (χ4n) is 3.05. The highest BCUT2D eigenvalue weighted by molar-refractivity contribution is 6.62. The van der Waals surface area contributed by atoms with Crippen LogP contribution >= 0.6 is 0 Å². The van der Waals surface area contributed by atoms with Gasteiger partial charge in [0.15, 0.2) is 0 Å². The van der Waals surface area contributed by atoms with Gasteiger partial charge in [0.1, 0.15) is 5.60 Å². The molecule has 1 amide bonds. The lowest BCUT2D eigenvalue weighted by Crippen LogP contribution is -2.46. The van der Waals surface area contributed by atoms with Crippen LogP contribution in [0.25, 0.3) is 0 Å². The Labute approximate surface area is 155 Å². The zero-order chi connectivity index (χ0) is 19.3. The van der Waals surface area contributed by atoms with Crippen LogP contribution in [0.2, 0.25) is 0 Å². The van der Waals surface area contributed by atoms with E-state index in [1.807, 2.05) is 59.3 Å². The standard InChI is InChI=1S/C18H30BN3O4/c1-16(2,3)24-15(23)21-13-8-14(9-13)22-11-12(10-20-22)19-25-17(4,5)18(6,7)26-19/h10-11,13-14H,8-9H2,1-7H3,(H,21,23). The van der Waals surface area contributed by atoms with E-state index in [0.29, 0.717) is 0 Å². The van der Waals surface area contributed by atoms with Gasteiger partial charge < -0.3 is 19.4 Å². The predicted molar refractivity (Wildman–Crippen MR) is 99.4 cm³/mol. The highest BCUT2D eigenvalue weighted by atomic mass is 16.7. The van der Waals surface area contributed by atoms with E-state index in [0.717, 1.165) is 18.3 Å². The number of ether oxygens (including phenoxy) is 1. The van der Waals surface area contributed by atoms with Crippen LogP contribution < -0.4 is 10.8 Å². The number of alkyl carbamates (subject to hydrolysis) is 1. The Kier molecular flexibility index (Phi) is 4.64. The van der Waals surface area contributed by atoms with E-state index >= 15 is 0 Å². The van der Waals surface area contributed by atoms with Crippen molar-refractivity contribution in [1.29, 1.82) is 0 Å². The molecule has 0 atom stereocenters. The maximum atomic E-state index is 11.8. The zero-order valence-electron chi connectivity index (χ0n) is 16.8. The zero-order valence-corrected chi connectivity index (χ0v) is 16.8. The van der Waals surface area contributed by atoms with Gasteiger partial charge in [0, 0.05) is 23.9 Å². The summed E-state index contributed by atoms with van der Waals surface area (Å²) in [6, 6.07) is 0.394. The Morgan fingerprint density at radius 2 is 1.85 bits per heavy atom. The number of hydrogen-bond donors (Lipinski definition) is 1. The Hall–Kier alpha value is -1.54. The molecule has 7 nitrogen and oxygen atoms in total. The average Bonchev–Trinajstić information content (AvgIpc) is 2.95. The maximum absolute atomic E-state index is 11.8. The molecule has 1 saturated heterocycles. The van der Waals surface area contributed by atoms with Crippen molar-refractivity contribution in [2.24, 2.45) is 0 Å². The molecule has 26 heavy (non-hydrogen) atoms. The smallest absolute Gasteiger partial charge is 0.444 e. The summed E-state index contributed by atoms with van der Waals surface area (Å²) >= 11 is 0. The summed E-state index contributed by atoms with van der Waals surface area (Å²) in [7, 11) is -0.399. The molecule has 0 spiro atoms. The number of aromatic nitrogens is 2. The molecule has 3 rings (SSSR count). The van der Waals surface area contributed by atoms with Gasteiger partial charge >= 0.3 is 13.2 Å². The minimum atomic E-state index is -0.479. The van der Waals surface area contributed by atoms with Crippen LogP contribution in [-0.2, 0) is 14.0 Å². The van der Waals surface area contributed by atoms with Gasteiger partial charge in [-0.05, 0) is 61.3 Å². The van der Waals surface area contributed by atoms with Crippen molar-refractivity contribution in [3.63, 3.8) is 0 Å². The molecule has 1 saturated carbocycles. The molecule has 2 aliphatic rings. The summed E-state index contributed by atoms with van der Waals surface area (Å²) in [6.45, 7) is 13.7. The minimum Gasteiger partial charge on any atom is -0.444 e. The summed E-state index contributed by atoms with van der Waals surface area (Å²) in [5.74, 6) is 0. The van der Waals surface area contributed by atoms with Gasteiger partial charge in [0.05, 0.1) is 17.2 Å². The molecular weight excluding hydrogens is 333 g/mol. The summed E-state index contributed by atoms with van der Waals surface area (Å²) in [6.07, 6.45) is 5.10. The van der Waals surface area contributed by atoms with Crippen LogP contribution in [0.4, 0.5) is 4.79 Å². The first kappa shape index (κ1) is 19.2. The van der Waals surface area contributed by atoms with Crippen molar-refractivity contribution in [2.45, 2.75) is 90.2 Å². The third-order valence-electron chi connectivity index (χ3n) is 5.36. The number of hydrogen-bond acceptors (Lipinski definition) is 5. The second kappa shape index (κ2) is 6.27. The first-order chi connectivity index (χ1) is 11.9. The number of carbonyl (C=O) groups excluding carboxylic acids is 1. The molecule has 8 heteroatoms. The van der Waals surface area contributed by atoms with Crippen LogP contribution in [0.3, 0.4) is 0 Å². The van der Waals surface area contributed by atoms with Crippen LogP contribution in [0.1, 0.15) is 67.3 Å². The van der Waals surface area contributed by atoms with E-state index in [9.17, 15) is 4.79 Å². The van der Waals surface area contributed by atoms with Crippen molar-refractivity contribution in [3.8, 4) is 0 Å². The van der Waals surface area contributed by atoms with E-state index in [1.54, 1.807) is 6.20 Å². The molecule has 0 radical (unpaired) electrons. The van der Waals surface area contributed by atoms with E-state index in [1.165, 1.54) is 0 Å². The van der Waals surface area contributed by atoms with Gasteiger partial charge in [0.25, 0.3) is 0 Å². The average molecular weight is 363 g/mol. The molecule has 1 aliphatic heterocycles. The Bertz CT molecular complexity index is 658. The van der Waals surface area contributed by atoms with Crippen molar-refractivity contribution in [1.82, 2.24) is 15.1 Å². The molecule has 144 valence electrons. The van der Waals surface area contributed by atoms with Crippen LogP contribution in [0.15, 0.2) is 12.4 Å². The second-order valence-electron chi connectivity index (χ2n) is 9.31. The summed E-state index contributed by atoms with van der Waals surface area (Å²) in [4.78, 5) is 11.8. The van der Waals surface area contributed by atoms with Crippen LogP contribution in [0, 0.1) is 0 Å². The number of rotatable bonds is 3. The Morgan fingerprint density at radius 1 is 1.27 bits per heavy atom. The lowest BCUT2D eigenvalue weighted by molar-refractivity contribution is 0.00578. The van der Waals surface area contributed by atoms with Crippen molar-refractivity contribution in [2.75, 3.05) is 0 Å². The quantitative estimate of drug-likeness (QED) is 0.835. The molecule has 1 aromatic heterocycles. The lowest BCUT2D eigenvalue weighted by Gasteiger charge is -2.36. The monoisotopic (exact) mass is 363 g/mol. The molecule has 2 heterocycles. The molecule has 0 aromatic carbocycles. The molecule has 1 aliphatic carbocycles. The summed E-state index contributed by atoms with van der Waals surface area (Å²) in [5.41, 5.74) is -0.281. The van der Waals surface area contributed by atoms with Gasteiger partial charge in [-0.15, -0.1) is 0 Å². The van der Waals surface area contributed by atoms with Crippen molar-refractivity contribution in [3.05, 3.63) is 12.4 Å². The predicted octanol–water partition coefficient (Wildman–Crippen LogP) is 2.41. The van der Waals surface area contributed by atoms with Gasteiger partial charge in [-0.1, -0.05) is 0 Å². The van der Waals surface area contributed by atoms with Gasteiger partial charge in [-0.3, -0.25) is 4.68 Å². The SMILES string of the molecule is CC(C)(C)OC(=O)NC1CC(n2cc(B3OC(C)(C)C(C)(C)O3)cn2)C1. The van der Waals surface area contributed by atoms with Crippen molar-refractivity contribution < 1.29 is 18.8 Å². The van der Waals surface area contributed by atoms with Gasteiger partial charge in [-0.25, -0.2) is 4.79 Å². The number of carbonyl (C=O) groups is 1. The van der Waals surface area contributed by atoms with E-state index in [4.69, 9.17) is 14.0 Å². The number of nitrogens with one attached hydrogen (secondary N) is 1. The van der Waals surface area contributed by atoms with Crippen LogP contribution in [-0.4, -0.2) is 45.8 Å². The fourth-order valence-corrected chi connectivity index (χ4v) is 3.05. The Morgan fingerprint density at radius 3 is 2.38 bits per heavy atom. The maximum Gasteiger partial charge on any atom is 0.498 e. The third kappa shape index (κ3) is 3.91. The molecule has 0 unspecified atom stereocenters.